The van der Waals surface area contributed by atoms with Crippen molar-refractivity contribution in [3.05, 3.63) is 54.9 Å². The van der Waals surface area contributed by atoms with E-state index in [2.05, 4.69) is 6.58 Å². The zero-order valence-corrected chi connectivity index (χ0v) is 11.5. The lowest BCUT2D eigenvalue weighted by Gasteiger charge is -2.08. The molecule has 1 unspecified atom stereocenters. The van der Waals surface area contributed by atoms with Crippen LogP contribution in [0.25, 0.3) is 5.57 Å². The number of aliphatic hydroxyl groups is 1. The molecule has 3 nitrogen and oxygen atoms in total. The first-order chi connectivity index (χ1) is 8.79. The van der Waals surface area contributed by atoms with Gasteiger partial charge in [0.25, 0.3) is 0 Å². The smallest absolute Gasteiger partial charge is 0.140 e. The fourth-order valence-electron chi connectivity index (χ4n) is 1.21. The van der Waals surface area contributed by atoms with Gasteiger partial charge in [0.1, 0.15) is 17.6 Å². The third-order valence-electron chi connectivity index (χ3n) is 1.98. The van der Waals surface area contributed by atoms with Crippen molar-refractivity contribution in [3.63, 3.8) is 0 Å². The van der Waals surface area contributed by atoms with E-state index in [1.807, 2.05) is 27.7 Å². The Labute approximate surface area is 109 Å². The van der Waals surface area contributed by atoms with E-state index in [9.17, 15) is 5.11 Å². The van der Waals surface area contributed by atoms with E-state index in [4.69, 9.17) is 8.83 Å². The van der Waals surface area contributed by atoms with E-state index in [1.54, 1.807) is 24.3 Å². The van der Waals surface area contributed by atoms with Crippen LogP contribution in [-0.2, 0) is 0 Å². The van der Waals surface area contributed by atoms with Crippen molar-refractivity contribution in [3.8, 4) is 0 Å². The van der Waals surface area contributed by atoms with Crippen LogP contribution in [0.15, 0.2) is 52.2 Å². The quantitative estimate of drug-likeness (QED) is 0.860. The van der Waals surface area contributed by atoms with E-state index in [0.717, 1.165) is 0 Å². The predicted molar refractivity (Wildman–Crippen MR) is 74.1 cm³/mol. The molecule has 0 aromatic carbocycles. The first kappa shape index (κ1) is 16.3. The summed E-state index contributed by atoms with van der Waals surface area (Å²) in [5, 5.41) is 9.80. The van der Waals surface area contributed by atoms with Gasteiger partial charge in [0, 0.05) is 5.57 Å². The SMILES string of the molecule is C=C(c1ccco1)C(O)c1ccco1.CC.CC. The Morgan fingerprint density at radius 2 is 1.61 bits per heavy atom. The highest BCUT2D eigenvalue weighted by Crippen LogP contribution is 2.28. The second kappa shape index (κ2) is 9.31. The zero-order valence-electron chi connectivity index (χ0n) is 11.5. The number of hydrogen-bond acceptors (Lipinski definition) is 3. The summed E-state index contributed by atoms with van der Waals surface area (Å²) in [4.78, 5) is 0. The second-order valence-corrected chi connectivity index (χ2v) is 2.92. The van der Waals surface area contributed by atoms with E-state index in [1.165, 1.54) is 12.5 Å². The Morgan fingerprint density at radius 3 is 2.06 bits per heavy atom. The number of rotatable bonds is 3. The average molecular weight is 250 g/mol. The lowest BCUT2D eigenvalue weighted by atomic mass is 10.1. The van der Waals surface area contributed by atoms with Crippen LogP contribution in [0.1, 0.15) is 45.3 Å². The van der Waals surface area contributed by atoms with Gasteiger partial charge < -0.3 is 13.9 Å². The molecule has 0 spiro atoms. The highest BCUT2D eigenvalue weighted by molar-refractivity contribution is 5.63. The third-order valence-corrected chi connectivity index (χ3v) is 1.98. The van der Waals surface area contributed by atoms with Crippen molar-refractivity contribution >= 4 is 5.57 Å². The maximum Gasteiger partial charge on any atom is 0.140 e. The van der Waals surface area contributed by atoms with Gasteiger partial charge >= 0.3 is 0 Å². The summed E-state index contributed by atoms with van der Waals surface area (Å²) in [6.45, 7) is 11.7. The molecule has 0 aliphatic heterocycles. The lowest BCUT2D eigenvalue weighted by Crippen LogP contribution is -1.97. The van der Waals surface area contributed by atoms with Gasteiger partial charge in [0.2, 0.25) is 0 Å². The van der Waals surface area contributed by atoms with E-state index in [-0.39, 0.29) is 0 Å². The van der Waals surface area contributed by atoms with Gasteiger partial charge in [0.15, 0.2) is 0 Å². The number of aliphatic hydroxyl groups excluding tert-OH is 1. The van der Waals surface area contributed by atoms with Gasteiger partial charge in [-0.15, -0.1) is 0 Å². The van der Waals surface area contributed by atoms with Crippen molar-refractivity contribution in [2.75, 3.05) is 0 Å². The van der Waals surface area contributed by atoms with Gasteiger partial charge in [-0.2, -0.15) is 0 Å². The Morgan fingerprint density at radius 1 is 1.06 bits per heavy atom. The minimum Gasteiger partial charge on any atom is -0.466 e. The summed E-state index contributed by atoms with van der Waals surface area (Å²) in [6, 6.07) is 6.90. The molecule has 2 aromatic rings. The monoisotopic (exact) mass is 250 g/mol. The first-order valence-electron chi connectivity index (χ1n) is 6.23. The Kier molecular flexibility index (Phi) is 8.41. The molecule has 1 atom stereocenters. The van der Waals surface area contributed by atoms with Crippen molar-refractivity contribution < 1.29 is 13.9 Å². The molecule has 0 aliphatic carbocycles. The van der Waals surface area contributed by atoms with Gasteiger partial charge in [-0.1, -0.05) is 34.3 Å². The van der Waals surface area contributed by atoms with Crippen LogP contribution in [0.2, 0.25) is 0 Å². The maximum atomic E-state index is 9.80. The molecule has 2 aromatic heterocycles. The molecule has 0 aliphatic rings. The van der Waals surface area contributed by atoms with Crippen LogP contribution >= 0.6 is 0 Å². The molecule has 1 N–H and O–H groups in total. The van der Waals surface area contributed by atoms with Gasteiger partial charge in [-0.05, 0) is 24.3 Å². The van der Waals surface area contributed by atoms with E-state index < -0.39 is 6.10 Å². The van der Waals surface area contributed by atoms with Crippen molar-refractivity contribution in [2.24, 2.45) is 0 Å². The van der Waals surface area contributed by atoms with E-state index in [0.29, 0.717) is 17.1 Å². The average Bonchev–Trinajstić information content (AvgIpc) is 3.14. The van der Waals surface area contributed by atoms with Crippen LogP contribution in [0, 0.1) is 0 Å². The summed E-state index contributed by atoms with van der Waals surface area (Å²) in [5.74, 6) is 1.03. The summed E-state index contributed by atoms with van der Waals surface area (Å²) >= 11 is 0. The van der Waals surface area contributed by atoms with Crippen molar-refractivity contribution in [1.82, 2.24) is 0 Å². The van der Waals surface area contributed by atoms with Crippen LogP contribution < -0.4 is 0 Å². The second-order valence-electron chi connectivity index (χ2n) is 2.92. The molecule has 100 valence electrons. The number of furan rings is 2. The molecule has 0 radical (unpaired) electrons. The van der Waals surface area contributed by atoms with Crippen LogP contribution in [0.5, 0.6) is 0 Å². The maximum absolute atomic E-state index is 9.80. The van der Waals surface area contributed by atoms with Crippen molar-refractivity contribution in [2.45, 2.75) is 33.8 Å². The minimum absolute atomic E-state index is 0.464. The third kappa shape index (κ3) is 4.26. The molecule has 0 saturated heterocycles. The molecular formula is C15H22O3. The number of hydrogen-bond donors (Lipinski definition) is 1. The van der Waals surface area contributed by atoms with Crippen LogP contribution in [0.3, 0.4) is 0 Å². The summed E-state index contributed by atoms with van der Waals surface area (Å²) < 4.78 is 10.2. The minimum atomic E-state index is -0.851. The van der Waals surface area contributed by atoms with Gasteiger partial charge in [0.05, 0.1) is 12.5 Å². The molecule has 0 amide bonds. The van der Waals surface area contributed by atoms with Gasteiger partial charge in [-0.25, -0.2) is 0 Å². The van der Waals surface area contributed by atoms with Crippen molar-refractivity contribution in [1.29, 1.82) is 0 Å². The molecule has 2 rings (SSSR count). The molecule has 2 heterocycles. The largest absolute Gasteiger partial charge is 0.466 e. The highest BCUT2D eigenvalue weighted by atomic mass is 16.4. The molecule has 3 heteroatoms. The highest BCUT2D eigenvalue weighted by Gasteiger charge is 2.17. The fraction of sp³-hybridized carbons (Fsp3) is 0.333. The summed E-state index contributed by atoms with van der Waals surface area (Å²) in [6.07, 6.45) is 2.19. The molecule has 0 saturated carbocycles. The van der Waals surface area contributed by atoms with Crippen LogP contribution in [-0.4, -0.2) is 5.11 Å². The fourth-order valence-corrected chi connectivity index (χ4v) is 1.21. The first-order valence-corrected chi connectivity index (χ1v) is 6.23. The summed E-state index contributed by atoms with van der Waals surface area (Å²) in [5.41, 5.74) is 0.491. The molecule has 0 fully saturated rings. The summed E-state index contributed by atoms with van der Waals surface area (Å²) in [7, 11) is 0. The lowest BCUT2D eigenvalue weighted by molar-refractivity contribution is 0.204. The normalized spacial score (nSPS) is 10.5. The molecule has 18 heavy (non-hydrogen) atoms. The standard InChI is InChI=1S/C11H10O3.2C2H6/c1-8(9-4-2-6-13-9)11(12)10-5-3-7-14-10;2*1-2/h2-7,11-12H,1H2;2*1-2H3. The Hall–Kier alpha value is -1.74. The Balaban J connectivity index is 0.000000659. The Bertz CT molecular complexity index is 399. The van der Waals surface area contributed by atoms with Gasteiger partial charge in [-0.3, -0.25) is 0 Å². The zero-order chi connectivity index (χ0) is 14.0. The topological polar surface area (TPSA) is 46.5 Å². The molecular weight excluding hydrogens is 228 g/mol. The van der Waals surface area contributed by atoms with Crippen LogP contribution in [0.4, 0.5) is 0 Å². The van der Waals surface area contributed by atoms with E-state index >= 15 is 0 Å². The molecule has 0 bridgehead atoms. The predicted octanol–water partition coefficient (Wildman–Crippen LogP) is 4.67.